The quantitative estimate of drug-likeness (QED) is 0.678. The van der Waals surface area contributed by atoms with Gasteiger partial charge >= 0.3 is 0 Å². The van der Waals surface area contributed by atoms with Gasteiger partial charge in [0.05, 0.1) is 12.0 Å². The van der Waals surface area contributed by atoms with Crippen LogP contribution >= 0.6 is 0 Å². The molecule has 4 N–H and O–H groups in total. The van der Waals surface area contributed by atoms with Crippen molar-refractivity contribution >= 4 is 11.8 Å². The molecular weight excluding hydrogens is 206 g/mol. The highest BCUT2D eigenvalue weighted by Gasteiger charge is 2.36. The molecule has 1 fully saturated rings. The summed E-state index contributed by atoms with van der Waals surface area (Å²) in [6.07, 6.45) is 0.651. The second-order valence-electron chi connectivity index (χ2n) is 5.52. The van der Waals surface area contributed by atoms with E-state index >= 15 is 0 Å². The van der Waals surface area contributed by atoms with Gasteiger partial charge in [0, 0.05) is 13.1 Å². The third kappa shape index (κ3) is 2.72. The van der Waals surface area contributed by atoms with Gasteiger partial charge in [-0.1, -0.05) is 20.8 Å². The fourth-order valence-corrected chi connectivity index (χ4v) is 1.76. The topological polar surface area (TPSA) is 89.4 Å². The van der Waals surface area contributed by atoms with Crippen molar-refractivity contribution in [3.05, 3.63) is 0 Å². The summed E-state index contributed by atoms with van der Waals surface area (Å²) in [6.45, 7) is 6.78. The number of nitrogens with two attached hydrogens (primary N) is 2. The molecule has 0 aromatic carbocycles. The standard InChI is InChI=1S/C11H21N3O2/c1-11(2,3)8(12)10(16)14-5-4-7(6-14)9(13)15/h7-8H,4-6,12H2,1-3H3,(H2,13,15)/t7?,8-/m0/s1. The van der Waals surface area contributed by atoms with Crippen molar-refractivity contribution in [1.82, 2.24) is 4.90 Å². The fourth-order valence-electron chi connectivity index (χ4n) is 1.76. The normalized spacial score (nSPS) is 23.2. The lowest BCUT2D eigenvalue weighted by Crippen LogP contribution is -2.50. The predicted octanol–water partition coefficient (Wildman–Crippen LogP) is -0.306. The van der Waals surface area contributed by atoms with Gasteiger partial charge in [-0.3, -0.25) is 9.59 Å². The highest BCUT2D eigenvalue weighted by atomic mass is 16.2. The van der Waals surface area contributed by atoms with Gasteiger partial charge in [-0.2, -0.15) is 0 Å². The molecule has 1 heterocycles. The van der Waals surface area contributed by atoms with Gasteiger partial charge in [0.1, 0.15) is 0 Å². The molecule has 1 rings (SSSR count). The summed E-state index contributed by atoms with van der Waals surface area (Å²) in [5.74, 6) is -0.632. The summed E-state index contributed by atoms with van der Waals surface area (Å²) in [4.78, 5) is 24.6. The van der Waals surface area contributed by atoms with Crippen molar-refractivity contribution in [2.75, 3.05) is 13.1 Å². The van der Waals surface area contributed by atoms with Crippen molar-refractivity contribution in [3.8, 4) is 0 Å². The van der Waals surface area contributed by atoms with Gasteiger partial charge < -0.3 is 16.4 Å². The molecule has 2 atom stereocenters. The highest BCUT2D eigenvalue weighted by molar-refractivity contribution is 5.84. The monoisotopic (exact) mass is 227 g/mol. The Hall–Kier alpha value is -1.10. The van der Waals surface area contributed by atoms with E-state index in [2.05, 4.69) is 0 Å². The number of nitrogens with zero attached hydrogens (tertiary/aromatic N) is 1. The molecule has 1 aliphatic rings. The van der Waals surface area contributed by atoms with Crippen LogP contribution in [0.3, 0.4) is 0 Å². The van der Waals surface area contributed by atoms with Crippen LogP contribution in [0.5, 0.6) is 0 Å². The first kappa shape index (κ1) is 13.0. The molecule has 16 heavy (non-hydrogen) atoms. The van der Waals surface area contributed by atoms with Gasteiger partial charge in [-0.05, 0) is 11.8 Å². The minimum atomic E-state index is -0.529. The summed E-state index contributed by atoms with van der Waals surface area (Å²) in [5, 5.41) is 0. The van der Waals surface area contributed by atoms with Crippen LogP contribution in [0.2, 0.25) is 0 Å². The summed E-state index contributed by atoms with van der Waals surface area (Å²) in [5.41, 5.74) is 10.8. The lowest BCUT2D eigenvalue weighted by molar-refractivity contribution is -0.134. The van der Waals surface area contributed by atoms with Gasteiger partial charge in [-0.25, -0.2) is 0 Å². The zero-order chi connectivity index (χ0) is 12.5. The Morgan fingerprint density at radius 3 is 2.31 bits per heavy atom. The molecule has 0 aromatic heterocycles. The number of amides is 2. The number of rotatable bonds is 2. The van der Waals surface area contributed by atoms with E-state index in [4.69, 9.17) is 11.5 Å². The highest BCUT2D eigenvalue weighted by Crippen LogP contribution is 2.22. The van der Waals surface area contributed by atoms with Crippen molar-refractivity contribution in [3.63, 3.8) is 0 Å². The molecule has 1 aliphatic heterocycles. The molecule has 0 bridgehead atoms. The average Bonchev–Trinajstić information content (AvgIpc) is 2.62. The van der Waals surface area contributed by atoms with E-state index in [1.807, 2.05) is 20.8 Å². The van der Waals surface area contributed by atoms with E-state index in [9.17, 15) is 9.59 Å². The maximum atomic E-state index is 12.0. The fraction of sp³-hybridized carbons (Fsp3) is 0.818. The molecule has 0 aliphatic carbocycles. The molecule has 5 nitrogen and oxygen atoms in total. The molecule has 0 aromatic rings. The van der Waals surface area contributed by atoms with E-state index in [-0.39, 0.29) is 23.1 Å². The van der Waals surface area contributed by atoms with Crippen molar-refractivity contribution in [2.24, 2.45) is 22.8 Å². The Morgan fingerprint density at radius 2 is 1.94 bits per heavy atom. The van der Waals surface area contributed by atoms with Crippen LogP contribution in [-0.4, -0.2) is 35.8 Å². The van der Waals surface area contributed by atoms with E-state index in [0.29, 0.717) is 19.5 Å². The lowest BCUT2D eigenvalue weighted by atomic mass is 9.86. The van der Waals surface area contributed by atoms with Crippen LogP contribution in [0.4, 0.5) is 0 Å². The number of likely N-dealkylation sites (tertiary alicyclic amines) is 1. The van der Waals surface area contributed by atoms with Crippen molar-refractivity contribution < 1.29 is 9.59 Å². The largest absolute Gasteiger partial charge is 0.369 e. The molecule has 0 spiro atoms. The van der Waals surface area contributed by atoms with E-state index in [1.165, 1.54) is 0 Å². The van der Waals surface area contributed by atoms with Crippen LogP contribution in [-0.2, 0) is 9.59 Å². The lowest BCUT2D eigenvalue weighted by Gasteiger charge is -2.29. The van der Waals surface area contributed by atoms with E-state index < -0.39 is 6.04 Å². The zero-order valence-corrected chi connectivity index (χ0v) is 10.2. The SMILES string of the molecule is CC(C)(C)[C@@H](N)C(=O)N1CCC(C(N)=O)C1. The summed E-state index contributed by atoms with van der Waals surface area (Å²) < 4.78 is 0. The van der Waals surface area contributed by atoms with Gasteiger partial charge in [0.25, 0.3) is 0 Å². The van der Waals surface area contributed by atoms with E-state index in [0.717, 1.165) is 0 Å². The van der Waals surface area contributed by atoms with Crippen LogP contribution in [0.25, 0.3) is 0 Å². The Bertz CT molecular complexity index is 296. The third-order valence-corrected chi connectivity index (χ3v) is 3.10. The van der Waals surface area contributed by atoms with Crippen molar-refractivity contribution in [1.29, 1.82) is 0 Å². The van der Waals surface area contributed by atoms with Crippen LogP contribution in [0.1, 0.15) is 27.2 Å². The minimum Gasteiger partial charge on any atom is -0.369 e. The third-order valence-electron chi connectivity index (χ3n) is 3.10. The minimum absolute atomic E-state index is 0.0868. The Kier molecular flexibility index (Phi) is 3.57. The van der Waals surface area contributed by atoms with Gasteiger partial charge in [0.2, 0.25) is 11.8 Å². The Balaban J connectivity index is 2.61. The Morgan fingerprint density at radius 1 is 1.38 bits per heavy atom. The first-order valence-electron chi connectivity index (χ1n) is 5.57. The number of primary amides is 1. The first-order chi connectivity index (χ1) is 7.23. The zero-order valence-electron chi connectivity index (χ0n) is 10.2. The number of hydrogen-bond acceptors (Lipinski definition) is 3. The summed E-state index contributed by atoms with van der Waals surface area (Å²) in [6, 6.07) is -0.529. The number of carbonyl (C=O) groups is 2. The molecule has 0 saturated carbocycles. The van der Waals surface area contributed by atoms with Crippen LogP contribution in [0, 0.1) is 11.3 Å². The second-order valence-corrected chi connectivity index (χ2v) is 5.52. The molecule has 5 heteroatoms. The number of hydrogen-bond donors (Lipinski definition) is 2. The first-order valence-corrected chi connectivity index (χ1v) is 5.57. The molecule has 1 saturated heterocycles. The average molecular weight is 227 g/mol. The van der Waals surface area contributed by atoms with Crippen LogP contribution < -0.4 is 11.5 Å². The molecular formula is C11H21N3O2. The second kappa shape index (κ2) is 4.41. The summed E-state index contributed by atoms with van der Waals surface area (Å²) in [7, 11) is 0. The maximum Gasteiger partial charge on any atom is 0.240 e. The van der Waals surface area contributed by atoms with Crippen LogP contribution in [0.15, 0.2) is 0 Å². The Labute approximate surface area is 96.1 Å². The predicted molar refractivity (Wildman–Crippen MR) is 61.3 cm³/mol. The molecule has 92 valence electrons. The maximum absolute atomic E-state index is 12.0. The van der Waals surface area contributed by atoms with Gasteiger partial charge in [-0.15, -0.1) is 0 Å². The summed E-state index contributed by atoms with van der Waals surface area (Å²) >= 11 is 0. The smallest absolute Gasteiger partial charge is 0.240 e. The molecule has 0 radical (unpaired) electrons. The molecule has 2 amide bonds. The number of carbonyl (C=O) groups excluding carboxylic acids is 2. The van der Waals surface area contributed by atoms with Gasteiger partial charge in [0.15, 0.2) is 0 Å². The molecule has 1 unspecified atom stereocenters. The van der Waals surface area contributed by atoms with Crippen molar-refractivity contribution in [2.45, 2.75) is 33.2 Å². The van der Waals surface area contributed by atoms with E-state index in [1.54, 1.807) is 4.90 Å².